The molecule has 0 aliphatic carbocycles. The number of nitrogens with one attached hydrogen (secondary N) is 1. The first-order valence-corrected chi connectivity index (χ1v) is 9.15. The number of nitrogens with zero attached hydrogens (tertiary/aromatic N) is 4. The van der Waals surface area contributed by atoms with Crippen LogP contribution in [0.25, 0.3) is 0 Å². The second-order valence-corrected chi connectivity index (χ2v) is 7.31. The van der Waals surface area contributed by atoms with Gasteiger partial charge in [-0.15, -0.1) is 5.10 Å². The van der Waals surface area contributed by atoms with Crippen LogP contribution in [0, 0.1) is 0 Å². The quantitative estimate of drug-likeness (QED) is 0.901. The fourth-order valence-electron chi connectivity index (χ4n) is 3.05. The molecule has 1 aliphatic heterocycles. The minimum atomic E-state index is -0.0399. The van der Waals surface area contributed by atoms with Gasteiger partial charge in [0, 0.05) is 31.5 Å². The Labute approximate surface area is 146 Å². The summed E-state index contributed by atoms with van der Waals surface area (Å²) < 4.78 is 3.94. The number of carbonyl (C=O) groups is 1. The number of piperidine rings is 1. The standard InChI is InChI=1S/C17H23N5OS/c1-12(2)15-16(24-21-20-15)17(23)19-14-6-4-8-22(11-14)10-13-5-3-7-18-9-13/h3,5,7,9,12,14H,4,6,8,10-11H2,1-2H3,(H,19,23)/t14-/m1/s1. The van der Waals surface area contributed by atoms with Crippen molar-refractivity contribution >= 4 is 17.4 Å². The molecule has 1 saturated heterocycles. The summed E-state index contributed by atoms with van der Waals surface area (Å²) in [6, 6.07) is 4.22. The third-order valence-electron chi connectivity index (χ3n) is 4.24. The van der Waals surface area contributed by atoms with Crippen molar-refractivity contribution in [3.05, 3.63) is 40.7 Å². The maximum absolute atomic E-state index is 12.6. The van der Waals surface area contributed by atoms with Crippen molar-refractivity contribution in [1.82, 2.24) is 24.8 Å². The molecule has 2 aromatic heterocycles. The van der Waals surface area contributed by atoms with Crippen molar-refractivity contribution < 1.29 is 4.79 Å². The molecule has 1 fully saturated rings. The lowest BCUT2D eigenvalue weighted by atomic mass is 10.0. The number of pyridine rings is 1. The van der Waals surface area contributed by atoms with Crippen LogP contribution in [-0.2, 0) is 6.54 Å². The number of hydrogen-bond acceptors (Lipinski definition) is 6. The number of aromatic nitrogens is 3. The summed E-state index contributed by atoms with van der Waals surface area (Å²) in [7, 11) is 0. The Hall–Kier alpha value is -1.86. The van der Waals surface area contributed by atoms with Crippen LogP contribution in [0.1, 0.15) is 53.5 Å². The van der Waals surface area contributed by atoms with E-state index in [-0.39, 0.29) is 17.9 Å². The van der Waals surface area contributed by atoms with E-state index in [1.165, 1.54) is 17.1 Å². The topological polar surface area (TPSA) is 71.0 Å². The summed E-state index contributed by atoms with van der Waals surface area (Å²) in [4.78, 5) is 19.7. The van der Waals surface area contributed by atoms with Gasteiger partial charge in [-0.1, -0.05) is 24.4 Å². The normalized spacial score (nSPS) is 18.7. The molecule has 6 nitrogen and oxygen atoms in total. The van der Waals surface area contributed by atoms with Crippen LogP contribution in [0.5, 0.6) is 0 Å². The van der Waals surface area contributed by atoms with Crippen LogP contribution in [0.15, 0.2) is 24.5 Å². The number of likely N-dealkylation sites (tertiary alicyclic amines) is 1. The van der Waals surface area contributed by atoms with E-state index in [1.807, 2.05) is 26.1 Å². The molecule has 128 valence electrons. The van der Waals surface area contributed by atoms with Gasteiger partial charge in [0.25, 0.3) is 5.91 Å². The minimum absolute atomic E-state index is 0.0399. The van der Waals surface area contributed by atoms with Crippen molar-refractivity contribution in [1.29, 1.82) is 0 Å². The third-order valence-corrected chi connectivity index (χ3v) is 4.98. The average Bonchev–Trinajstić information content (AvgIpc) is 3.06. The zero-order valence-electron chi connectivity index (χ0n) is 14.1. The lowest BCUT2D eigenvalue weighted by Gasteiger charge is -2.33. The average molecular weight is 345 g/mol. The van der Waals surface area contributed by atoms with Crippen LogP contribution >= 0.6 is 11.5 Å². The summed E-state index contributed by atoms with van der Waals surface area (Å²) in [5.41, 5.74) is 2.00. The summed E-state index contributed by atoms with van der Waals surface area (Å²) in [5.74, 6) is 0.167. The van der Waals surface area contributed by atoms with E-state index in [2.05, 4.69) is 30.9 Å². The van der Waals surface area contributed by atoms with Gasteiger partial charge in [-0.25, -0.2) is 0 Å². The lowest BCUT2D eigenvalue weighted by Crippen LogP contribution is -2.47. The van der Waals surface area contributed by atoms with Gasteiger partial charge in [-0.05, 0) is 48.5 Å². The smallest absolute Gasteiger partial charge is 0.265 e. The second-order valence-electron chi connectivity index (χ2n) is 6.55. The van der Waals surface area contributed by atoms with Gasteiger partial charge in [0.2, 0.25) is 0 Å². The first kappa shape index (κ1) is 17.0. The van der Waals surface area contributed by atoms with Crippen LogP contribution in [-0.4, -0.2) is 44.5 Å². The number of carbonyl (C=O) groups excluding carboxylic acids is 1. The Bertz CT molecular complexity index is 673. The van der Waals surface area contributed by atoms with Crippen molar-refractivity contribution in [2.45, 2.75) is 45.2 Å². The molecule has 0 spiro atoms. The monoisotopic (exact) mass is 345 g/mol. The van der Waals surface area contributed by atoms with E-state index in [9.17, 15) is 4.79 Å². The Morgan fingerprint density at radius 2 is 2.38 bits per heavy atom. The van der Waals surface area contributed by atoms with Gasteiger partial charge in [0.15, 0.2) is 0 Å². The van der Waals surface area contributed by atoms with Crippen LogP contribution in [0.2, 0.25) is 0 Å². The fourth-order valence-corrected chi connectivity index (χ4v) is 3.77. The highest BCUT2D eigenvalue weighted by molar-refractivity contribution is 7.08. The van der Waals surface area contributed by atoms with Gasteiger partial charge in [-0.2, -0.15) is 0 Å². The summed E-state index contributed by atoms with van der Waals surface area (Å²) >= 11 is 1.18. The minimum Gasteiger partial charge on any atom is -0.347 e. The van der Waals surface area contributed by atoms with E-state index in [1.54, 1.807) is 6.20 Å². The summed E-state index contributed by atoms with van der Waals surface area (Å²) in [6.45, 7) is 6.86. The molecule has 0 bridgehead atoms. The molecule has 3 heterocycles. The zero-order chi connectivity index (χ0) is 16.9. The van der Waals surface area contributed by atoms with Crippen LogP contribution in [0.3, 0.4) is 0 Å². The lowest BCUT2D eigenvalue weighted by molar-refractivity contribution is 0.0903. The van der Waals surface area contributed by atoms with Gasteiger partial charge in [-0.3, -0.25) is 14.7 Å². The largest absolute Gasteiger partial charge is 0.347 e. The van der Waals surface area contributed by atoms with E-state index in [0.717, 1.165) is 38.2 Å². The maximum atomic E-state index is 12.6. The van der Waals surface area contributed by atoms with Gasteiger partial charge >= 0.3 is 0 Å². The van der Waals surface area contributed by atoms with Crippen LogP contribution < -0.4 is 5.32 Å². The molecule has 1 atom stereocenters. The number of amides is 1. The van der Waals surface area contributed by atoms with Crippen molar-refractivity contribution in [3.63, 3.8) is 0 Å². The molecule has 0 unspecified atom stereocenters. The molecule has 2 aromatic rings. The molecule has 24 heavy (non-hydrogen) atoms. The molecule has 1 N–H and O–H groups in total. The third kappa shape index (κ3) is 4.15. The highest BCUT2D eigenvalue weighted by Gasteiger charge is 2.25. The molecule has 0 aromatic carbocycles. The molecule has 1 aliphatic rings. The first-order valence-electron chi connectivity index (χ1n) is 8.38. The van der Waals surface area contributed by atoms with Gasteiger partial charge < -0.3 is 5.32 Å². The predicted molar refractivity (Wildman–Crippen MR) is 94.0 cm³/mol. The van der Waals surface area contributed by atoms with E-state index < -0.39 is 0 Å². The Balaban J connectivity index is 1.59. The predicted octanol–water partition coefficient (Wildman–Crippen LogP) is 2.45. The highest BCUT2D eigenvalue weighted by Crippen LogP contribution is 2.20. The Morgan fingerprint density at radius 1 is 1.50 bits per heavy atom. The summed E-state index contributed by atoms with van der Waals surface area (Å²) in [6.07, 6.45) is 5.79. The number of rotatable bonds is 5. The molecule has 0 radical (unpaired) electrons. The molecular formula is C17H23N5OS. The summed E-state index contributed by atoms with van der Waals surface area (Å²) in [5, 5.41) is 7.26. The molecule has 3 rings (SSSR count). The second kappa shape index (κ2) is 7.81. The van der Waals surface area contributed by atoms with Crippen molar-refractivity contribution in [3.8, 4) is 0 Å². The van der Waals surface area contributed by atoms with E-state index >= 15 is 0 Å². The molecular weight excluding hydrogens is 322 g/mol. The Kier molecular flexibility index (Phi) is 5.52. The maximum Gasteiger partial charge on any atom is 0.265 e. The first-order chi connectivity index (χ1) is 11.6. The highest BCUT2D eigenvalue weighted by atomic mass is 32.1. The zero-order valence-corrected chi connectivity index (χ0v) is 14.9. The van der Waals surface area contributed by atoms with Gasteiger partial charge in [0.1, 0.15) is 4.88 Å². The molecule has 7 heteroatoms. The van der Waals surface area contributed by atoms with E-state index in [4.69, 9.17) is 0 Å². The molecule has 1 amide bonds. The van der Waals surface area contributed by atoms with Crippen LogP contribution in [0.4, 0.5) is 0 Å². The van der Waals surface area contributed by atoms with Crippen molar-refractivity contribution in [2.24, 2.45) is 0 Å². The number of hydrogen-bond donors (Lipinski definition) is 1. The van der Waals surface area contributed by atoms with Crippen molar-refractivity contribution in [2.75, 3.05) is 13.1 Å². The van der Waals surface area contributed by atoms with Gasteiger partial charge in [0.05, 0.1) is 5.69 Å². The molecule has 0 saturated carbocycles. The fraction of sp³-hybridized carbons (Fsp3) is 0.529. The van der Waals surface area contributed by atoms with E-state index in [0.29, 0.717) is 4.88 Å². The Morgan fingerprint density at radius 3 is 3.12 bits per heavy atom. The SMILES string of the molecule is CC(C)c1nnsc1C(=O)N[C@@H]1CCCN(Cc2cccnc2)C1.